The van der Waals surface area contributed by atoms with Crippen LogP contribution < -0.4 is 5.32 Å². The van der Waals surface area contributed by atoms with Gasteiger partial charge >= 0.3 is 6.09 Å². The number of aliphatic hydroxyl groups is 1. The molecule has 0 bridgehead atoms. The van der Waals surface area contributed by atoms with Crippen LogP contribution >= 0.6 is 0 Å². The highest BCUT2D eigenvalue weighted by Crippen LogP contribution is 2.24. The summed E-state index contributed by atoms with van der Waals surface area (Å²) in [7, 11) is 0. The number of carbonyl (C=O) groups excluding carboxylic acids is 2. The first-order chi connectivity index (χ1) is 13.2. The van der Waals surface area contributed by atoms with E-state index in [2.05, 4.69) is 5.32 Å². The van der Waals surface area contributed by atoms with Crippen molar-refractivity contribution in [2.24, 2.45) is 0 Å². The Kier molecular flexibility index (Phi) is 5.70. The Morgan fingerprint density at radius 1 is 1.04 bits per heavy atom. The largest absolute Gasteiger partial charge is 0.444 e. The molecule has 1 saturated heterocycles. The predicted molar refractivity (Wildman–Crippen MR) is 108 cm³/mol. The lowest BCUT2D eigenvalue weighted by Crippen LogP contribution is -2.45. The summed E-state index contributed by atoms with van der Waals surface area (Å²) in [5.74, 6) is -0.338. The number of benzene rings is 2. The smallest absolute Gasteiger partial charge is 0.411 e. The van der Waals surface area contributed by atoms with Crippen LogP contribution in [0, 0.1) is 0 Å². The summed E-state index contributed by atoms with van der Waals surface area (Å²) in [5, 5.41) is 12.8. The number of β-amino-alcohol motifs (C(OH)–C–C–N with tert-alkyl or cyclic N) is 1. The second-order valence-electron chi connectivity index (χ2n) is 7.97. The van der Waals surface area contributed by atoms with Crippen LogP contribution in [0.25, 0.3) is 11.1 Å². The van der Waals surface area contributed by atoms with E-state index in [1.165, 1.54) is 4.90 Å². The van der Waals surface area contributed by atoms with Gasteiger partial charge in [0.1, 0.15) is 11.6 Å². The fraction of sp³-hybridized carbons (Fsp3) is 0.364. The van der Waals surface area contributed by atoms with Gasteiger partial charge in [0.05, 0.1) is 12.6 Å². The molecule has 1 aliphatic rings. The van der Waals surface area contributed by atoms with E-state index in [0.29, 0.717) is 5.69 Å². The Balaban J connectivity index is 1.68. The fourth-order valence-corrected chi connectivity index (χ4v) is 3.19. The summed E-state index contributed by atoms with van der Waals surface area (Å²) in [5.41, 5.74) is 2.11. The van der Waals surface area contributed by atoms with Crippen molar-refractivity contribution in [3.63, 3.8) is 0 Å². The van der Waals surface area contributed by atoms with Crippen LogP contribution in [0.4, 0.5) is 10.5 Å². The van der Waals surface area contributed by atoms with Gasteiger partial charge in [0.25, 0.3) is 0 Å². The molecule has 0 spiro atoms. The predicted octanol–water partition coefficient (Wildman–Crippen LogP) is 3.66. The van der Waals surface area contributed by atoms with Gasteiger partial charge in [0, 0.05) is 12.1 Å². The van der Waals surface area contributed by atoms with E-state index in [1.807, 2.05) is 54.6 Å². The maximum absolute atomic E-state index is 12.7. The Morgan fingerprint density at radius 3 is 2.25 bits per heavy atom. The van der Waals surface area contributed by atoms with Crippen molar-refractivity contribution < 1.29 is 19.4 Å². The van der Waals surface area contributed by atoms with Crippen LogP contribution in [-0.4, -0.2) is 46.3 Å². The van der Waals surface area contributed by atoms with E-state index in [4.69, 9.17) is 4.74 Å². The summed E-state index contributed by atoms with van der Waals surface area (Å²) in [6.45, 7) is 5.38. The second kappa shape index (κ2) is 8.02. The molecule has 1 aliphatic heterocycles. The fourth-order valence-electron chi connectivity index (χ4n) is 3.19. The molecule has 2 atom stereocenters. The van der Waals surface area contributed by atoms with Crippen molar-refractivity contribution in [3.05, 3.63) is 54.6 Å². The molecule has 0 saturated carbocycles. The number of hydrogen-bond donors (Lipinski definition) is 2. The first-order valence-corrected chi connectivity index (χ1v) is 9.37. The van der Waals surface area contributed by atoms with Crippen molar-refractivity contribution in [1.82, 2.24) is 4.90 Å². The second-order valence-corrected chi connectivity index (χ2v) is 7.97. The molecule has 0 aliphatic carbocycles. The van der Waals surface area contributed by atoms with E-state index in [1.54, 1.807) is 20.8 Å². The number of likely N-dealkylation sites (tertiary alicyclic amines) is 1. The van der Waals surface area contributed by atoms with E-state index < -0.39 is 23.8 Å². The third-order valence-electron chi connectivity index (χ3n) is 4.47. The zero-order valence-electron chi connectivity index (χ0n) is 16.4. The van der Waals surface area contributed by atoms with Gasteiger partial charge in [-0.15, -0.1) is 0 Å². The van der Waals surface area contributed by atoms with Crippen molar-refractivity contribution in [2.75, 3.05) is 11.9 Å². The molecule has 1 fully saturated rings. The lowest BCUT2D eigenvalue weighted by molar-refractivity contribution is -0.120. The molecule has 2 N–H and O–H groups in total. The molecule has 2 aromatic carbocycles. The molecule has 0 aromatic heterocycles. The number of carbonyl (C=O) groups is 2. The lowest BCUT2D eigenvalue weighted by Gasteiger charge is -2.27. The number of hydrogen-bond acceptors (Lipinski definition) is 4. The number of rotatable bonds is 3. The average Bonchev–Trinajstić information content (AvgIpc) is 3.04. The van der Waals surface area contributed by atoms with Crippen molar-refractivity contribution in [3.8, 4) is 11.1 Å². The van der Waals surface area contributed by atoms with Crippen molar-refractivity contribution in [2.45, 2.75) is 44.9 Å². The van der Waals surface area contributed by atoms with Gasteiger partial charge in [-0.2, -0.15) is 0 Å². The average molecular weight is 382 g/mol. The van der Waals surface area contributed by atoms with Crippen LogP contribution in [0.3, 0.4) is 0 Å². The van der Waals surface area contributed by atoms with E-state index in [-0.39, 0.29) is 18.9 Å². The number of nitrogens with one attached hydrogen (secondary N) is 1. The van der Waals surface area contributed by atoms with Crippen molar-refractivity contribution >= 4 is 17.7 Å². The van der Waals surface area contributed by atoms with Gasteiger partial charge < -0.3 is 15.2 Å². The van der Waals surface area contributed by atoms with Crippen LogP contribution in [0.1, 0.15) is 27.2 Å². The van der Waals surface area contributed by atoms with Gasteiger partial charge in [0.15, 0.2) is 0 Å². The zero-order valence-corrected chi connectivity index (χ0v) is 16.4. The molecular formula is C22H26N2O4. The van der Waals surface area contributed by atoms with Gasteiger partial charge in [-0.05, 0) is 44.0 Å². The normalized spacial score (nSPS) is 19.4. The Bertz CT molecular complexity index is 828. The van der Waals surface area contributed by atoms with E-state index in [0.717, 1.165) is 11.1 Å². The van der Waals surface area contributed by atoms with Crippen LogP contribution in [0.15, 0.2) is 54.6 Å². The third-order valence-corrected chi connectivity index (χ3v) is 4.47. The standard InChI is InChI=1S/C22H26N2O4/c1-22(2,3)28-21(27)24-14-18(25)13-19(24)20(26)23-17-11-9-16(10-12-17)15-7-5-4-6-8-15/h4-12,18-19,25H,13-14H2,1-3H3,(H,23,26)/t18-,19+/m1/s1. The molecule has 0 radical (unpaired) electrons. The first-order valence-electron chi connectivity index (χ1n) is 9.37. The summed E-state index contributed by atoms with van der Waals surface area (Å²) in [6, 6.07) is 16.7. The van der Waals surface area contributed by atoms with Crippen molar-refractivity contribution in [1.29, 1.82) is 0 Å². The van der Waals surface area contributed by atoms with E-state index >= 15 is 0 Å². The van der Waals surface area contributed by atoms with Crippen LogP contribution in [0.2, 0.25) is 0 Å². The first kappa shape index (κ1) is 19.9. The molecule has 6 nitrogen and oxygen atoms in total. The summed E-state index contributed by atoms with van der Waals surface area (Å²) >= 11 is 0. The van der Waals surface area contributed by atoms with Gasteiger partial charge in [-0.3, -0.25) is 9.69 Å². The maximum Gasteiger partial charge on any atom is 0.411 e. The highest BCUT2D eigenvalue weighted by atomic mass is 16.6. The molecule has 148 valence electrons. The number of ether oxygens (including phenoxy) is 1. The Morgan fingerprint density at radius 2 is 1.64 bits per heavy atom. The molecule has 1 heterocycles. The maximum atomic E-state index is 12.7. The van der Waals surface area contributed by atoms with Crippen LogP contribution in [0.5, 0.6) is 0 Å². The summed E-state index contributed by atoms with van der Waals surface area (Å²) in [6.07, 6.45) is -1.15. The number of aliphatic hydroxyl groups excluding tert-OH is 1. The molecular weight excluding hydrogens is 356 g/mol. The molecule has 6 heteroatoms. The number of amides is 2. The van der Waals surface area contributed by atoms with Gasteiger partial charge in [-0.25, -0.2) is 4.79 Å². The third kappa shape index (κ3) is 4.89. The molecule has 0 unspecified atom stereocenters. The minimum atomic E-state index is -0.765. The van der Waals surface area contributed by atoms with Gasteiger partial charge in [-0.1, -0.05) is 42.5 Å². The molecule has 28 heavy (non-hydrogen) atoms. The Hall–Kier alpha value is -2.86. The SMILES string of the molecule is CC(C)(C)OC(=O)N1C[C@H](O)C[C@H]1C(=O)Nc1ccc(-c2ccccc2)cc1. The Labute approximate surface area is 165 Å². The minimum absolute atomic E-state index is 0.0833. The lowest BCUT2D eigenvalue weighted by atomic mass is 10.1. The topological polar surface area (TPSA) is 78.9 Å². The van der Waals surface area contributed by atoms with Gasteiger partial charge in [0.2, 0.25) is 5.91 Å². The number of nitrogens with zero attached hydrogens (tertiary/aromatic N) is 1. The quantitative estimate of drug-likeness (QED) is 0.849. The minimum Gasteiger partial charge on any atom is -0.444 e. The van der Waals surface area contributed by atoms with Crippen LogP contribution in [-0.2, 0) is 9.53 Å². The summed E-state index contributed by atoms with van der Waals surface area (Å²) < 4.78 is 5.36. The molecule has 3 rings (SSSR count). The molecule has 2 aromatic rings. The highest BCUT2D eigenvalue weighted by Gasteiger charge is 2.40. The monoisotopic (exact) mass is 382 g/mol. The van der Waals surface area contributed by atoms with E-state index in [9.17, 15) is 14.7 Å². The molecule has 2 amide bonds. The zero-order chi connectivity index (χ0) is 20.3. The number of anilines is 1. The summed E-state index contributed by atoms with van der Waals surface area (Å²) in [4.78, 5) is 26.4. The highest BCUT2D eigenvalue weighted by molar-refractivity contribution is 5.97.